The van der Waals surface area contributed by atoms with Crippen LogP contribution >= 0.6 is 0 Å². The molecule has 9 atom stereocenters. The molecule has 0 nitrogen and oxygen atoms in total. The van der Waals surface area contributed by atoms with Gasteiger partial charge in [-0.3, -0.25) is 0 Å². The van der Waals surface area contributed by atoms with Crippen molar-refractivity contribution in [2.24, 2.45) is 59.2 Å². The first-order chi connectivity index (χ1) is 6.45. The fourth-order valence-electron chi connectivity index (χ4n) is 6.80. The summed E-state index contributed by atoms with van der Waals surface area (Å²) in [6, 6.07) is 0. The second kappa shape index (κ2) is 1.33. The minimum absolute atomic E-state index is 1.27. The zero-order valence-electron chi connectivity index (χ0n) is 7.89. The first-order valence-corrected chi connectivity index (χ1v) is 6.45. The van der Waals surface area contributed by atoms with Crippen LogP contribution in [0.2, 0.25) is 0 Å². The molecule has 0 amide bonds. The molecule has 6 saturated carbocycles. The molecular formula is C13H16. The Balaban J connectivity index is 1.64. The van der Waals surface area contributed by atoms with Gasteiger partial charge < -0.3 is 0 Å². The molecule has 6 aliphatic rings. The van der Waals surface area contributed by atoms with Crippen molar-refractivity contribution in [2.75, 3.05) is 0 Å². The maximum Gasteiger partial charge on any atom is -0.0313 e. The Morgan fingerprint density at radius 3 is 1.00 bits per heavy atom. The molecule has 0 spiro atoms. The zero-order valence-corrected chi connectivity index (χ0v) is 7.89. The Hall–Kier alpha value is 0. The minimum Gasteiger partial charge on any atom is -0.0465 e. The van der Waals surface area contributed by atoms with E-state index in [0.717, 1.165) is 0 Å². The Morgan fingerprint density at radius 1 is 0.385 bits per heavy atom. The van der Waals surface area contributed by atoms with Gasteiger partial charge >= 0.3 is 0 Å². The maximum absolute atomic E-state index is 1.67. The summed E-state index contributed by atoms with van der Waals surface area (Å²) in [6.45, 7) is 0. The molecule has 0 bridgehead atoms. The van der Waals surface area contributed by atoms with Crippen LogP contribution in [0.3, 0.4) is 0 Å². The molecule has 0 aliphatic heterocycles. The average molecular weight is 172 g/mol. The maximum atomic E-state index is 1.67. The highest BCUT2D eigenvalue weighted by Gasteiger charge is 2.81. The lowest BCUT2D eigenvalue weighted by Gasteiger charge is -2.25. The molecule has 13 heavy (non-hydrogen) atoms. The smallest absolute Gasteiger partial charge is 0.0313 e. The summed E-state index contributed by atoms with van der Waals surface area (Å²) in [6.07, 6.45) is 5.01. The van der Waals surface area contributed by atoms with E-state index in [2.05, 4.69) is 0 Å². The third kappa shape index (κ3) is 0.412. The van der Waals surface area contributed by atoms with Crippen LogP contribution in [-0.4, -0.2) is 0 Å². The molecule has 68 valence electrons. The summed E-state index contributed by atoms with van der Waals surface area (Å²) in [5, 5.41) is 0. The SMILES string of the molecule is C1[C@@H]2C3C4C([C@H]5C[C@H]5C4[C@H]4C[C@@H]34)[C@H]12. The van der Waals surface area contributed by atoms with Gasteiger partial charge in [-0.15, -0.1) is 0 Å². The zero-order chi connectivity index (χ0) is 7.89. The molecule has 0 saturated heterocycles. The average Bonchev–Trinajstić information content (AvgIpc) is 3.06. The van der Waals surface area contributed by atoms with E-state index in [0.29, 0.717) is 0 Å². The number of fused-ring (bicyclic) bond motifs is 9. The number of hydrogen-bond donors (Lipinski definition) is 0. The Kier molecular flexibility index (Phi) is 0.593. The molecule has 6 rings (SSSR count). The van der Waals surface area contributed by atoms with E-state index in [1.807, 2.05) is 0 Å². The summed E-state index contributed by atoms with van der Waals surface area (Å²) in [7, 11) is 0. The van der Waals surface area contributed by atoms with Crippen molar-refractivity contribution in [3.8, 4) is 0 Å². The van der Waals surface area contributed by atoms with Gasteiger partial charge in [-0.25, -0.2) is 0 Å². The van der Waals surface area contributed by atoms with Crippen LogP contribution in [0.5, 0.6) is 0 Å². The lowest BCUT2D eigenvalue weighted by molar-refractivity contribution is 0.222. The number of hydrogen-bond acceptors (Lipinski definition) is 0. The fraction of sp³-hybridized carbons (Fsp3) is 1.00. The summed E-state index contributed by atoms with van der Waals surface area (Å²) in [4.78, 5) is 0. The molecular weight excluding hydrogens is 156 g/mol. The standard InChI is InChI=1S/C13H16/c1-4-5(1)11-7-3-9(7)12-8-2-6(8)10(4)13(11)12/h4-13H,1-3H2/t4-,5+,6+,7-,8-,9+,10?,11?,12?,13?. The third-order valence-electron chi connectivity index (χ3n) is 6.97. The lowest BCUT2D eigenvalue weighted by Crippen LogP contribution is -2.21. The van der Waals surface area contributed by atoms with Crippen molar-refractivity contribution in [3.05, 3.63) is 0 Å². The lowest BCUT2D eigenvalue weighted by atomic mass is 9.80. The Bertz CT molecular complexity index is 257. The van der Waals surface area contributed by atoms with Gasteiger partial charge in [0.2, 0.25) is 0 Å². The molecule has 0 aromatic carbocycles. The molecule has 0 radical (unpaired) electrons. The molecule has 6 fully saturated rings. The summed E-state index contributed by atoms with van der Waals surface area (Å²) in [5.41, 5.74) is 0. The van der Waals surface area contributed by atoms with E-state index in [4.69, 9.17) is 0 Å². The van der Waals surface area contributed by atoms with Crippen molar-refractivity contribution in [2.45, 2.75) is 19.3 Å². The topological polar surface area (TPSA) is 0 Å². The third-order valence-corrected chi connectivity index (χ3v) is 6.97. The molecule has 0 heteroatoms. The van der Waals surface area contributed by atoms with Crippen LogP contribution in [0.25, 0.3) is 0 Å². The van der Waals surface area contributed by atoms with Crippen molar-refractivity contribution in [1.29, 1.82) is 0 Å². The van der Waals surface area contributed by atoms with Crippen molar-refractivity contribution in [3.63, 3.8) is 0 Å². The van der Waals surface area contributed by atoms with Gasteiger partial charge in [0, 0.05) is 0 Å². The molecule has 0 aromatic heterocycles. The van der Waals surface area contributed by atoms with Gasteiger partial charge in [0.1, 0.15) is 0 Å². The van der Waals surface area contributed by atoms with Gasteiger partial charge in [-0.1, -0.05) is 0 Å². The predicted molar refractivity (Wildman–Crippen MR) is 48.8 cm³/mol. The summed E-state index contributed by atoms with van der Waals surface area (Å²) in [5.74, 6) is 12.8. The van der Waals surface area contributed by atoms with Crippen LogP contribution in [0, 0.1) is 59.2 Å². The van der Waals surface area contributed by atoms with E-state index in [9.17, 15) is 0 Å². The van der Waals surface area contributed by atoms with Crippen LogP contribution in [-0.2, 0) is 0 Å². The number of rotatable bonds is 0. The molecule has 0 aromatic rings. The van der Waals surface area contributed by atoms with E-state index >= 15 is 0 Å². The summed E-state index contributed by atoms with van der Waals surface area (Å²) >= 11 is 0. The van der Waals surface area contributed by atoms with Crippen molar-refractivity contribution < 1.29 is 0 Å². The van der Waals surface area contributed by atoms with Crippen LogP contribution in [0.4, 0.5) is 0 Å². The Morgan fingerprint density at radius 2 is 0.692 bits per heavy atom. The van der Waals surface area contributed by atoms with Gasteiger partial charge in [0.25, 0.3) is 0 Å². The van der Waals surface area contributed by atoms with E-state index in [1.54, 1.807) is 19.3 Å². The van der Waals surface area contributed by atoms with E-state index in [1.165, 1.54) is 59.2 Å². The van der Waals surface area contributed by atoms with E-state index in [-0.39, 0.29) is 0 Å². The molecule has 3 unspecified atom stereocenters. The highest BCUT2D eigenvalue weighted by molar-refractivity contribution is 5.28. The minimum atomic E-state index is 1.27. The first kappa shape index (κ1) is 5.78. The van der Waals surface area contributed by atoms with E-state index < -0.39 is 0 Å². The molecule has 0 N–H and O–H groups in total. The van der Waals surface area contributed by atoms with Crippen LogP contribution in [0.15, 0.2) is 0 Å². The van der Waals surface area contributed by atoms with Crippen molar-refractivity contribution in [1.82, 2.24) is 0 Å². The quantitative estimate of drug-likeness (QED) is 0.526. The van der Waals surface area contributed by atoms with Crippen molar-refractivity contribution >= 4 is 0 Å². The van der Waals surface area contributed by atoms with Gasteiger partial charge in [-0.05, 0) is 78.4 Å². The monoisotopic (exact) mass is 172 g/mol. The Labute approximate surface area is 79.1 Å². The van der Waals surface area contributed by atoms with Crippen LogP contribution in [0.1, 0.15) is 19.3 Å². The van der Waals surface area contributed by atoms with Gasteiger partial charge in [0.05, 0.1) is 0 Å². The second-order valence-electron chi connectivity index (χ2n) is 7.00. The highest BCUT2D eigenvalue weighted by Crippen LogP contribution is 2.86. The van der Waals surface area contributed by atoms with Gasteiger partial charge in [0.15, 0.2) is 0 Å². The first-order valence-electron chi connectivity index (χ1n) is 6.45. The van der Waals surface area contributed by atoms with Crippen LogP contribution < -0.4 is 0 Å². The second-order valence-corrected chi connectivity index (χ2v) is 7.00. The molecule has 6 aliphatic carbocycles. The highest BCUT2D eigenvalue weighted by atomic mass is 14.9. The molecule has 0 heterocycles. The fourth-order valence-corrected chi connectivity index (χ4v) is 6.80. The predicted octanol–water partition coefficient (Wildman–Crippen LogP) is 2.40. The summed E-state index contributed by atoms with van der Waals surface area (Å²) < 4.78 is 0. The normalized spacial score (nSPS) is 88.6. The largest absolute Gasteiger partial charge is 0.0465 e. The van der Waals surface area contributed by atoms with Gasteiger partial charge in [-0.2, -0.15) is 0 Å².